The van der Waals surface area contributed by atoms with Crippen molar-refractivity contribution in [1.29, 1.82) is 0 Å². The van der Waals surface area contributed by atoms with Gasteiger partial charge >= 0.3 is 0 Å². The van der Waals surface area contributed by atoms with Gasteiger partial charge in [0.15, 0.2) is 5.65 Å². The Morgan fingerprint density at radius 2 is 2.21 bits per heavy atom. The summed E-state index contributed by atoms with van der Waals surface area (Å²) < 4.78 is 1.75. The van der Waals surface area contributed by atoms with Crippen molar-refractivity contribution in [2.75, 3.05) is 0 Å². The average molecular weight is 251 g/mol. The van der Waals surface area contributed by atoms with Crippen molar-refractivity contribution in [2.24, 2.45) is 5.92 Å². The van der Waals surface area contributed by atoms with E-state index < -0.39 is 0 Å². The summed E-state index contributed by atoms with van der Waals surface area (Å²) in [6, 6.07) is 3.80. The molecule has 2 heterocycles. The first-order valence-electron chi connectivity index (χ1n) is 6.76. The molecule has 0 aromatic carbocycles. The first-order valence-corrected chi connectivity index (χ1v) is 6.76. The van der Waals surface area contributed by atoms with E-state index >= 15 is 0 Å². The Labute approximate surface area is 113 Å². The third kappa shape index (κ3) is 2.39. The molecule has 0 N–H and O–H groups in total. The Morgan fingerprint density at radius 3 is 3.05 bits per heavy atom. The number of aromatic nitrogens is 3. The monoisotopic (exact) mass is 251 g/mol. The molecule has 1 unspecified atom stereocenters. The smallest absolute Gasteiger partial charge is 0.156 e. The van der Waals surface area contributed by atoms with Crippen LogP contribution in [0.5, 0.6) is 0 Å². The van der Waals surface area contributed by atoms with Gasteiger partial charge in [-0.05, 0) is 44.1 Å². The molecule has 3 rings (SSSR count). The molecule has 1 aliphatic rings. The van der Waals surface area contributed by atoms with Crippen LogP contribution in [0.15, 0.2) is 35.7 Å². The lowest BCUT2D eigenvalue weighted by molar-refractivity contribution is 0.550. The maximum atomic E-state index is 4.47. The van der Waals surface area contributed by atoms with Crippen molar-refractivity contribution < 1.29 is 0 Å². The van der Waals surface area contributed by atoms with Gasteiger partial charge in [-0.2, -0.15) is 5.10 Å². The fourth-order valence-corrected chi connectivity index (χ4v) is 2.62. The van der Waals surface area contributed by atoms with Crippen LogP contribution in [0.2, 0.25) is 0 Å². The van der Waals surface area contributed by atoms with E-state index in [1.165, 1.54) is 30.4 Å². The molecule has 3 heteroatoms. The highest BCUT2D eigenvalue weighted by molar-refractivity contribution is 5.45. The highest BCUT2D eigenvalue weighted by Crippen LogP contribution is 2.28. The Bertz CT molecular complexity index is 697. The van der Waals surface area contributed by atoms with Crippen LogP contribution in [0.4, 0.5) is 0 Å². The number of fused-ring (bicyclic) bond motifs is 1. The minimum atomic E-state index is 0.583. The second kappa shape index (κ2) is 4.89. The van der Waals surface area contributed by atoms with Gasteiger partial charge in [0.25, 0.3) is 0 Å². The van der Waals surface area contributed by atoms with Crippen molar-refractivity contribution >= 4 is 5.65 Å². The molecule has 0 radical (unpaired) electrons. The molecule has 1 atom stereocenters. The first-order chi connectivity index (χ1) is 9.24. The minimum absolute atomic E-state index is 0.583. The third-order valence-electron chi connectivity index (χ3n) is 3.72. The van der Waals surface area contributed by atoms with Gasteiger partial charge in [-0.15, -0.1) is 0 Å². The first kappa shape index (κ1) is 12.0. The Hall–Kier alpha value is -2.08. The van der Waals surface area contributed by atoms with Crippen molar-refractivity contribution in [1.82, 2.24) is 14.6 Å². The van der Waals surface area contributed by atoms with Crippen LogP contribution < -0.4 is 0 Å². The van der Waals surface area contributed by atoms with Gasteiger partial charge in [-0.1, -0.05) is 18.4 Å². The summed E-state index contributed by atoms with van der Waals surface area (Å²) in [6.45, 7) is 4.47. The maximum absolute atomic E-state index is 4.47. The topological polar surface area (TPSA) is 30.2 Å². The van der Waals surface area contributed by atoms with Gasteiger partial charge in [-0.3, -0.25) is 0 Å². The highest BCUT2D eigenvalue weighted by Gasteiger charge is 2.14. The molecule has 0 spiro atoms. The lowest BCUT2D eigenvalue weighted by Gasteiger charge is -2.20. The van der Waals surface area contributed by atoms with Crippen LogP contribution in [-0.2, 0) is 0 Å². The van der Waals surface area contributed by atoms with Gasteiger partial charge in [0.1, 0.15) is 5.69 Å². The minimum Gasteiger partial charge on any atom is -0.223 e. The van der Waals surface area contributed by atoms with Crippen LogP contribution >= 0.6 is 0 Å². The normalized spacial score (nSPS) is 19.4. The zero-order chi connectivity index (χ0) is 13.2. The lowest BCUT2D eigenvalue weighted by atomic mass is 9.85. The molecular formula is C16H17N3. The molecule has 0 bridgehead atoms. The fourth-order valence-electron chi connectivity index (χ4n) is 2.62. The van der Waals surface area contributed by atoms with Crippen molar-refractivity contribution in [2.45, 2.75) is 33.1 Å². The Kier molecular flexibility index (Phi) is 3.08. The molecular weight excluding hydrogens is 234 g/mol. The molecule has 0 amide bonds. The number of rotatable bonds is 0. The van der Waals surface area contributed by atoms with Crippen LogP contribution in [-0.4, -0.2) is 14.6 Å². The van der Waals surface area contributed by atoms with Gasteiger partial charge in [-0.25, -0.2) is 9.50 Å². The van der Waals surface area contributed by atoms with E-state index in [9.17, 15) is 0 Å². The summed E-state index contributed by atoms with van der Waals surface area (Å²) in [6.07, 6.45) is 7.37. The van der Waals surface area contributed by atoms with Crippen LogP contribution in [0, 0.1) is 17.8 Å². The number of allylic oxidation sites excluding steroid dienone is 2. The lowest BCUT2D eigenvalue weighted by Crippen LogP contribution is -2.06. The third-order valence-corrected chi connectivity index (χ3v) is 3.72. The summed E-state index contributed by atoms with van der Waals surface area (Å²) in [7, 11) is 0. The second-order valence-corrected chi connectivity index (χ2v) is 5.18. The summed E-state index contributed by atoms with van der Waals surface area (Å²) in [4.78, 5) is 4.47. The van der Waals surface area contributed by atoms with Gasteiger partial charge in [0.05, 0.1) is 6.20 Å². The van der Waals surface area contributed by atoms with E-state index in [1.807, 2.05) is 18.3 Å². The largest absolute Gasteiger partial charge is 0.223 e. The molecule has 0 fully saturated rings. The molecule has 0 saturated carbocycles. The number of hydrogen-bond donors (Lipinski definition) is 0. The molecule has 2 aromatic rings. The number of hydrogen-bond acceptors (Lipinski definition) is 2. The summed E-state index contributed by atoms with van der Waals surface area (Å²) in [5.74, 6) is 7.11. The van der Waals surface area contributed by atoms with Crippen molar-refractivity contribution in [3.8, 4) is 11.8 Å². The predicted octanol–water partition coefficient (Wildman–Crippen LogP) is 3.22. The van der Waals surface area contributed by atoms with Gasteiger partial charge in [0, 0.05) is 17.8 Å². The molecule has 0 saturated heterocycles. The zero-order valence-corrected chi connectivity index (χ0v) is 11.3. The quantitative estimate of drug-likeness (QED) is 0.673. The van der Waals surface area contributed by atoms with E-state index in [4.69, 9.17) is 0 Å². The Morgan fingerprint density at radius 1 is 1.32 bits per heavy atom. The summed E-state index contributed by atoms with van der Waals surface area (Å²) >= 11 is 0. The van der Waals surface area contributed by atoms with Crippen molar-refractivity contribution in [3.63, 3.8) is 0 Å². The second-order valence-electron chi connectivity index (χ2n) is 5.18. The predicted molar refractivity (Wildman–Crippen MR) is 75.6 cm³/mol. The highest BCUT2D eigenvalue weighted by atomic mass is 15.2. The summed E-state index contributed by atoms with van der Waals surface area (Å²) in [5.41, 5.74) is 4.40. The standard InChI is InChI=1S/C16H17N3/c1-12-4-3-5-13(2)15(12)7-6-14-9-11-19-16(18-14)8-10-17-19/h8-12H,3-5H2,1-2H3. The SMILES string of the molecule is CC1=C(C#Cc2ccn3nccc3n2)C(C)CCC1. The van der Waals surface area contributed by atoms with E-state index in [1.54, 1.807) is 10.7 Å². The zero-order valence-electron chi connectivity index (χ0n) is 11.3. The summed E-state index contributed by atoms with van der Waals surface area (Å²) in [5, 5.41) is 4.13. The number of nitrogens with zero attached hydrogens (tertiary/aromatic N) is 3. The molecule has 96 valence electrons. The van der Waals surface area contributed by atoms with Crippen LogP contribution in [0.3, 0.4) is 0 Å². The fraction of sp³-hybridized carbons (Fsp3) is 0.375. The molecule has 1 aliphatic carbocycles. The average Bonchev–Trinajstić information content (AvgIpc) is 2.85. The molecule has 3 nitrogen and oxygen atoms in total. The van der Waals surface area contributed by atoms with Gasteiger partial charge in [0.2, 0.25) is 0 Å². The van der Waals surface area contributed by atoms with E-state index in [2.05, 4.69) is 35.8 Å². The van der Waals surface area contributed by atoms with E-state index in [0.717, 1.165) is 11.3 Å². The van der Waals surface area contributed by atoms with E-state index in [-0.39, 0.29) is 0 Å². The van der Waals surface area contributed by atoms with E-state index in [0.29, 0.717) is 5.92 Å². The van der Waals surface area contributed by atoms with Crippen molar-refractivity contribution in [3.05, 3.63) is 41.4 Å². The van der Waals surface area contributed by atoms with Crippen LogP contribution in [0.1, 0.15) is 38.8 Å². The molecule has 19 heavy (non-hydrogen) atoms. The Balaban J connectivity index is 1.94. The van der Waals surface area contributed by atoms with Crippen LogP contribution in [0.25, 0.3) is 5.65 Å². The van der Waals surface area contributed by atoms with Gasteiger partial charge < -0.3 is 0 Å². The molecule has 2 aromatic heterocycles. The molecule has 0 aliphatic heterocycles. The maximum Gasteiger partial charge on any atom is 0.156 e.